The van der Waals surface area contributed by atoms with E-state index in [0.29, 0.717) is 46.4 Å². The molecule has 29 heavy (non-hydrogen) atoms. The van der Waals surface area contributed by atoms with Gasteiger partial charge in [0, 0.05) is 42.3 Å². The van der Waals surface area contributed by atoms with Crippen LogP contribution in [0.25, 0.3) is 22.1 Å². The molecule has 0 radical (unpaired) electrons. The average Bonchev–Trinajstić information content (AvgIpc) is 3.40. The number of oxazole rings is 1. The minimum absolute atomic E-state index is 0.0679. The minimum Gasteiger partial charge on any atom is -0.504 e. The van der Waals surface area contributed by atoms with E-state index >= 15 is 0 Å². The first kappa shape index (κ1) is 17.9. The molecule has 0 saturated carbocycles. The first-order valence-electron chi connectivity index (χ1n) is 9.08. The van der Waals surface area contributed by atoms with Crippen LogP contribution in [0, 0.1) is 6.92 Å². The van der Waals surface area contributed by atoms with E-state index in [2.05, 4.69) is 4.98 Å². The number of nitrogens with zero attached hydrogens (tertiary/aromatic N) is 2. The van der Waals surface area contributed by atoms with Gasteiger partial charge in [0.2, 0.25) is 0 Å². The van der Waals surface area contributed by atoms with E-state index in [9.17, 15) is 9.90 Å². The number of alkyl halides is 1. The number of aryl methyl sites for hydroxylation is 1. The van der Waals surface area contributed by atoms with Crippen molar-refractivity contribution < 1.29 is 23.5 Å². The second kappa shape index (κ2) is 6.42. The summed E-state index contributed by atoms with van der Waals surface area (Å²) in [5.41, 5.74) is 2.80. The molecule has 0 spiro atoms. The third-order valence-electron chi connectivity index (χ3n) is 5.24. The van der Waals surface area contributed by atoms with Crippen LogP contribution in [0.15, 0.2) is 39.2 Å². The number of phenols is 1. The maximum atomic E-state index is 13.3. The number of aromatic hydroxyl groups is 1. The zero-order valence-electron chi connectivity index (χ0n) is 15.7. The first-order valence-corrected chi connectivity index (χ1v) is 9.62. The third kappa shape index (κ3) is 2.65. The molecule has 7 nitrogen and oxygen atoms in total. The summed E-state index contributed by atoms with van der Waals surface area (Å²) in [6.07, 6.45) is 0. The highest BCUT2D eigenvalue weighted by Crippen LogP contribution is 2.45. The van der Waals surface area contributed by atoms with Gasteiger partial charge in [-0.05, 0) is 24.3 Å². The van der Waals surface area contributed by atoms with Crippen LogP contribution in [0.2, 0.25) is 0 Å². The summed E-state index contributed by atoms with van der Waals surface area (Å²) in [4.78, 5) is 19.3. The van der Waals surface area contributed by atoms with Gasteiger partial charge in [0.15, 0.2) is 23.0 Å². The molecule has 1 unspecified atom stereocenters. The lowest BCUT2D eigenvalue weighted by molar-refractivity contribution is 0.0964. The molecule has 1 aliphatic heterocycles. The molecule has 8 heteroatoms. The molecule has 4 aromatic rings. The Balaban J connectivity index is 1.62. The predicted octanol–water partition coefficient (Wildman–Crippen LogP) is 4.58. The number of fused-ring (bicyclic) bond motifs is 4. The van der Waals surface area contributed by atoms with Crippen LogP contribution in [0.4, 0.5) is 5.69 Å². The standard InChI is InChI=1S/C21H17ClN2O5/c1-10-23-19-18-12(8-22)9-24(14(18)7-15(25)20(19)28-10)21(26)17-6-11-5-13(27-2)3-4-16(11)29-17/h3-7,12,25H,8-9H2,1-2H3. The summed E-state index contributed by atoms with van der Waals surface area (Å²) in [5, 5.41) is 11.2. The Morgan fingerprint density at radius 3 is 2.93 bits per heavy atom. The molecule has 1 atom stereocenters. The highest BCUT2D eigenvalue weighted by atomic mass is 35.5. The van der Waals surface area contributed by atoms with Crippen molar-refractivity contribution in [3.05, 3.63) is 47.5 Å². The Hall–Kier alpha value is -3.19. The van der Waals surface area contributed by atoms with E-state index in [4.69, 9.17) is 25.2 Å². The number of hydrogen-bond acceptors (Lipinski definition) is 6. The molecule has 148 valence electrons. The van der Waals surface area contributed by atoms with Gasteiger partial charge in [0.25, 0.3) is 5.91 Å². The number of rotatable bonds is 3. The number of ether oxygens (including phenoxy) is 1. The van der Waals surface area contributed by atoms with Crippen LogP contribution in [0.3, 0.4) is 0 Å². The average molecular weight is 413 g/mol. The lowest BCUT2D eigenvalue weighted by Crippen LogP contribution is -2.29. The first-order chi connectivity index (χ1) is 14.0. The predicted molar refractivity (Wildman–Crippen MR) is 108 cm³/mol. The number of furan rings is 1. The second-order valence-corrected chi connectivity index (χ2v) is 7.33. The van der Waals surface area contributed by atoms with Crippen LogP contribution in [0.1, 0.15) is 27.9 Å². The van der Waals surface area contributed by atoms with Crippen molar-refractivity contribution in [3.8, 4) is 11.5 Å². The molecular weight excluding hydrogens is 396 g/mol. The summed E-state index contributed by atoms with van der Waals surface area (Å²) >= 11 is 6.20. The molecule has 2 aromatic carbocycles. The fraction of sp³-hybridized carbons (Fsp3) is 0.238. The van der Waals surface area contributed by atoms with Crippen LogP contribution < -0.4 is 9.64 Å². The van der Waals surface area contributed by atoms with Crippen molar-refractivity contribution in [2.24, 2.45) is 0 Å². The van der Waals surface area contributed by atoms with Crippen LogP contribution in [-0.4, -0.2) is 35.5 Å². The normalized spacial score (nSPS) is 16.0. The van der Waals surface area contributed by atoms with Crippen molar-refractivity contribution in [1.29, 1.82) is 0 Å². The van der Waals surface area contributed by atoms with E-state index in [1.807, 2.05) is 6.07 Å². The number of benzene rings is 2. The zero-order valence-corrected chi connectivity index (χ0v) is 16.5. The Morgan fingerprint density at radius 1 is 1.34 bits per heavy atom. The molecule has 1 N–H and O–H groups in total. The molecule has 2 aromatic heterocycles. The smallest absolute Gasteiger partial charge is 0.294 e. The Labute approximate surface area is 170 Å². The summed E-state index contributed by atoms with van der Waals surface area (Å²) in [5.74, 6) is 1.11. The SMILES string of the molecule is COc1ccc2oc(C(=O)N3CC(CCl)c4c3cc(O)c3oc(C)nc43)cc2c1. The van der Waals surface area contributed by atoms with Crippen molar-refractivity contribution in [2.45, 2.75) is 12.8 Å². The molecular formula is C21H17ClN2O5. The topological polar surface area (TPSA) is 88.9 Å². The number of carbonyl (C=O) groups is 1. The fourth-order valence-electron chi connectivity index (χ4n) is 3.92. The lowest BCUT2D eigenvalue weighted by atomic mass is 10.0. The molecule has 3 heterocycles. The number of phenolic OH excluding ortho intramolecular Hbond substituents is 1. The molecule has 1 amide bonds. The summed E-state index contributed by atoms with van der Waals surface area (Å²) in [7, 11) is 1.58. The summed E-state index contributed by atoms with van der Waals surface area (Å²) in [6.45, 7) is 2.07. The molecule has 0 saturated heterocycles. The van der Waals surface area contributed by atoms with Gasteiger partial charge in [-0.15, -0.1) is 11.6 Å². The number of carbonyl (C=O) groups excluding carboxylic acids is 1. The number of methoxy groups -OCH3 is 1. The van der Waals surface area contributed by atoms with Gasteiger partial charge in [-0.3, -0.25) is 4.79 Å². The number of halogens is 1. The van der Waals surface area contributed by atoms with Crippen molar-refractivity contribution in [1.82, 2.24) is 4.98 Å². The summed E-state index contributed by atoms with van der Waals surface area (Å²) < 4.78 is 16.5. The van der Waals surface area contributed by atoms with E-state index in [1.165, 1.54) is 6.07 Å². The summed E-state index contributed by atoms with van der Waals surface area (Å²) in [6, 6.07) is 8.56. The van der Waals surface area contributed by atoms with E-state index in [0.717, 1.165) is 10.9 Å². The van der Waals surface area contributed by atoms with Crippen LogP contribution in [-0.2, 0) is 0 Å². The largest absolute Gasteiger partial charge is 0.504 e. The van der Waals surface area contributed by atoms with E-state index in [-0.39, 0.29) is 23.3 Å². The van der Waals surface area contributed by atoms with Crippen molar-refractivity contribution in [2.75, 3.05) is 24.4 Å². The lowest BCUT2D eigenvalue weighted by Gasteiger charge is -2.16. The maximum Gasteiger partial charge on any atom is 0.294 e. The van der Waals surface area contributed by atoms with Crippen LogP contribution in [0.5, 0.6) is 11.5 Å². The second-order valence-electron chi connectivity index (χ2n) is 7.02. The molecule has 0 bridgehead atoms. The van der Waals surface area contributed by atoms with Gasteiger partial charge in [0.1, 0.15) is 16.8 Å². The molecule has 0 aliphatic carbocycles. The highest BCUT2D eigenvalue weighted by molar-refractivity contribution is 6.19. The highest BCUT2D eigenvalue weighted by Gasteiger charge is 2.37. The zero-order chi connectivity index (χ0) is 20.3. The minimum atomic E-state index is -0.312. The fourth-order valence-corrected chi connectivity index (χ4v) is 4.17. The Kier molecular flexibility index (Phi) is 3.96. The van der Waals surface area contributed by atoms with E-state index < -0.39 is 0 Å². The van der Waals surface area contributed by atoms with Crippen LogP contribution >= 0.6 is 11.6 Å². The molecule has 5 rings (SSSR count). The monoisotopic (exact) mass is 412 g/mol. The molecule has 1 aliphatic rings. The quantitative estimate of drug-likeness (QED) is 0.495. The number of anilines is 1. The van der Waals surface area contributed by atoms with Gasteiger partial charge in [-0.1, -0.05) is 0 Å². The Morgan fingerprint density at radius 2 is 2.17 bits per heavy atom. The number of aromatic nitrogens is 1. The Bertz CT molecular complexity index is 1280. The third-order valence-corrected chi connectivity index (χ3v) is 5.61. The van der Waals surface area contributed by atoms with Gasteiger partial charge < -0.3 is 23.6 Å². The van der Waals surface area contributed by atoms with Crippen molar-refractivity contribution >= 4 is 45.3 Å². The van der Waals surface area contributed by atoms with Gasteiger partial charge >= 0.3 is 0 Å². The van der Waals surface area contributed by atoms with Gasteiger partial charge in [-0.2, -0.15) is 0 Å². The van der Waals surface area contributed by atoms with E-state index in [1.54, 1.807) is 37.1 Å². The van der Waals surface area contributed by atoms with Gasteiger partial charge in [0.05, 0.1) is 12.8 Å². The maximum absolute atomic E-state index is 13.3. The molecule has 0 fully saturated rings. The van der Waals surface area contributed by atoms with Gasteiger partial charge in [-0.25, -0.2) is 4.98 Å². The number of hydrogen-bond donors (Lipinski definition) is 1. The van der Waals surface area contributed by atoms with Crippen molar-refractivity contribution in [3.63, 3.8) is 0 Å². The number of amides is 1.